The highest BCUT2D eigenvalue weighted by Gasteiger charge is 2.39. The summed E-state index contributed by atoms with van der Waals surface area (Å²) in [6, 6.07) is 7.95. The van der Waals surface area contributed by atoms with Gasteiger partial charge in [0.2, 0.25) is 0 Å². The predicted molar refractivity (Wildman–Crippen MR) is 68.9 cm³/mol. The smallest absolute Gasteiger partial charge is 0.327 e. The average molecular weight is 249 g/mol. The Morgan fingerprint density at radius 2 is 2.28 bits per heavy atom. The van der Waals surface area contributed by atoms with Crippen LogP contribution in [0.1, 0.15) is 25.3 Å². The van der Waals surface area contributed by atoms with Gasteiger partial charge >= 0.3 is 5.97 Å². The Bertz CT molecular complexity index is 442. The zero-order chi connectivity index (χ0) is 13.2. The number of hydrogen-bond donors (Lipinski definition) is 2. The molecule has 98 valence electrons. The van der Waals surface area contributed by atoms with Gasteiger partial charge in [0.05, 0.1) is 0 Å². The Morgan fingerprint density at radius 1 is 1.56 bits per heavy atom. The molecule has 1 aromatic carbocycles. The van der Waals surface area contributed by atoms with Gasteiger partial charge in [-0.25, -0.2) is 0 Å². The SMILES string of the molecule is Cc1cccc(OCC(C)(NC2CC2)C(=O)O)c1. The van der Waals surface area contributed by atoms with Crippen molar-refractivity contribution in [3.05, 3.63) is 29.8 Å². The second-order valence-corrected chi connectivity index (χ2v) is 5.16. The molecule has 0 saturated heterocycles. The summed E-state index contributed by atoms with van der Waals surface area (Å²) in [5.74, 6) is -0.165. The zero-order valence-corrected chi connectivity index (χ0v) is 10.8. The fraction of sp³-hybridized carbons (Fsp3) is 0.500. The van der Waals surface area contributed by atoms with Gasteiger partial charge in [-0.2, -0.15) is 0 Å². The van der Waals surface area contributed by atoms with Crippen molar-refractivity contribution in [3.63, 3.8) is 0 Å². The molecule has 1 unspecified atom stereocenters. The van der Waals surface area contributed by atoms with Gasteiger partial charge in [0.15, 0.2) is 0 Å². The number of hydrogen-bond acceptors (Lipinski definition) is 3. The molecule has 0 bridgehead atoms. The summed E-state index contributed by atoms with van der Waals surface area (Å²) in [4.78, 5) is 11.3. The van der Waals surface area contributed by atoms with Crippen molar-refractivity contribution < 1.29 is 14.6 Å². The van der Waals surface area contributed by atoms with E-state index in [4.69, 9.17) is 4.74 Å². The Morgan fingerprint density at radius 3 is 2.83 bits per heavy atom. The lowest BCUT2D eigenvalue weighted by atomic mass is 10.0. The lowest BCUT2D eigenvalue weighted by Crippen LogP contribution is -2.54. The van der Waals surface area contributed by atoms with E-state index in [9.17, 15) is 9.90 Å². The molecule has 0 spiro atoms. The lowest BCUT2D eigenvalue weighted by Gasteiger charge is -2.26. The van der Waals surface area contributed by atoms with Gasteiger partial charge in [0.1, 0.15) is 17.9 Å². The van der Waals surface area contributed by atoms with E-state index in [-0.39, 0.29) is 6.61 Å². The molecule has 1 saturated carbocycles. The quantitative estimate of drug-likeness (QED) is 0.809. The summed E-state index contributed by atoms with van der Waals surface area (Å²) in [6.07, 6.45) is 2.10. The maximum atomic E-state index is 11.3. The van der Waals surface area contributed by atoms with Gasteiger partial charge < -0.3 is 9.84 Å². The topological polar surface area (TPSA) is 58.6 Å². The maximum absolute atomic E-state index is 11.3. The molecular formula is C14H19NO3. The summed E-state index contributed by atoms with van der Waals surface area (Å²) in [7, 11) is 0. The molecule has 2 N–H and O–H groups in total. The van der Waals surface area contributed by atoms with Gasteiger partial charge in [-0.15, -0.1) is 0 Å². The van der Waals surface area contributed by atoms with E-state index in [0.717, 1.165) is 18.4 Å². The fourth-order valence-corrected chi connectivity index (χ4v) is 1.78. The highest BCUT2D eigenvalue weighted by molar-refractivity contribution is 5.78. The van der Waals surface area contributed by atoms with Gasteiger partial charge in [-0.1, -0.05) is 12.1 Å². The van der Waals surface area contributed by atoms with Crippen molar-refractivity contribution in [2.75, 3.05) is 6.61 Å². The number of aryl methyl sites for hydroxylation is 1. The van der Waals surface area contributed by atoms with Crippen LogP contribution in [0.3, 0.4) is 0 Å². The van der Waals surface area contributed by atoms with Crippen LogP contribution in [0.4, 0.5) is 0 Å². The molecule has 1 aliphatic rings. The van der Waals surface area contributed by atoms with E-state index in [1.807, 2.05) is 31.2 Å². The number of carboxylic acids is 1. The second-order valence-electron chi connectivity index (χ2n) is 5.16. The summed E-state index contributed by atoms with van der Waals surface area (Å²) >= 11 is 0. The van der Waals surface area contributed by atoms with Gasteiger partial charge in [0.25, 0.3) is 0 Å². The molecule has 0 radical (unpaired) electrons. The van der Waals surface area contributed by atoms with Crippen molar-refractivity contribution >= 4 is 5.97 Å². The van der Waals surface area contributed by atoms with Gasteiger partial charge in [0, 0.05) is 6.04 Å². The summed E-state index contributed by atoms with van der Waals surface area (Å²) in [5.41, 5.74) is 0.0740. The largest absolute Gasteiger partial charge is 0.491 e. The molecule has 1 atom stereocenters. The first-order valence-corrected chi connectivity index (χ1v) is 6.20. The Balaban J connectivity index is 1.98. The van der Waals surface area contributed by atoms with E-state index in [1.54, 1.807) is 6.92 Å². The first-order valence-electron chi connectivity index (χ1n) is 6.20. The van der Waals surface area contributed by atoms with Gasteiger partial charge in [-0.3, -0.25) is 10.1 Å². The minimum atomic E-state index is -1.02. The first kappa shape index (κ1) is 12.9. The highest BCUT2D eigenvalue weighted by atomic mass is 16.5. The number of carbonyl (C=O) groups is 1. The number of benzene rings is 1. The number of nitrogens with one attached hydrogen (secondary N) is 1. The molecule has 4 nitrogen and oxygen atoms in total. The molecular weight excluding hydrogens is 230 g/mol. The van der Waals surface area contributed by atoms with Crippen molar-refractivity contribution in [1.29, 1.82) is 0 Å². The van der Waals surface area contributed by atoms with Crippen LogP contribution >= 0.6 is 0 Å². The number of aliphatic carboxylic acids is 1. The van der Waals surface area contributed by atoms with Crippen molar-refractivity contribution in [3.8, 4) is 5.75 Å². The summed E-state index contributed by atoms with van der Waals surface area (Å²) < 4.78 is 5.60. The molecule has 2 rings (SSSR count). The Hall–Kier alpha value is -1.55. The summed E-state index contributed by atoms with van der Waals surface area (Å²) in [6.45, 7) is 3.78. The molecule has 4 heteroatoms. The molecule has 1 aromatic rings. The number of ether oxygens (including phenoxy) is 1. The van der Waals surface area contributed by atoms with Crippen molar-refractivity contribution in [2.24, 2.45) is 0 Å². The van der Waals surface area contributed by atoms with E-state index >= 15 is 0 Å². The second kappa shape index (κ2) is 4.98. The van der Waals surface area contributed by atoms with E-state index in [2.05, 4.69) is 5.32 Å². The predicted octanol–water partition coefficient (Wildman–Crippen LogP) is 1.97. The van der Waals surface area contributed by atoms with Crippen LogP contribution in [0.5, 0.6) is 5.75 Å². The van der Waals surface area contributed by atoms with Crippen LogP contribution in [-0.2, 0) is 4.79 Å². The maximum Gasteiger partial charge on any atom is 0.327 e. The third kappa shape index (κ3) is 3.23. The van der Waals surface area contributed by atoms with E-state index < -0.39 is 11.5 Å². The van der Waals surface area contributed by atoms with Crippen LogP contribution < -0.4 is 10.1 Å². The highest BCUT2D eigenvalue weighted by Crippen LogP contribution is 2.23. The Labute approximate surface area is 107 Å². The van der Waals surface area contributed by atoms with Crippen LogP contribution in [0, 0.1) is 6.92 Å². The normalized spacial score (nSPS) is 18.1. The van der Waals surface area contributed by atoms with Crippen molar-refractivity contribution in [1.82, 2.24) is 5.32 Å². The zero-order valence-electron chi connectivity index (χ0n) is 10.8. The van der Waals surface area contributed by atoms with E-state index in [1.165, 1.54) is 0 Å². The molecule has 0 aliphatic heterocycles. The Kier molecular flexibility index (Phi) is 3.57. The van der Waals surface area contributed by atoms with Crippen LogP contribution in [0.25, 0.3) is 0 Å². The lowest BCUT2D eigenvalue weighted by molar-refractivity contribution is -0.145. The number of rotatable bonds is 6. The molecule has 0 aromatic heterocycles. The standard InChI is InChI=1S/C14H19NO3/c1-10-4-3-5-12(8-10)18-9-14(2,13(16)17)15-11-6-7-11/h3-5,8,11,15H,6-7,9H2,1-2H3,(H,16,17). The van der Waals surface area contributed by atoms with Crippen LogP contribution in [-0.4, -0.2) is 29.3 Å². The monoisotopic (exact) mass is 249 g/mol. The fourth-order valence-electron chi connectivity index (χ4n) is 1.78. The van der Waals surface area contributed by atoms with Crippen LogP contribution in [0.2, 0.25) is 0 Å². The minimum Gasteiger partial charge on any atom is -0.491 e. The molecule has 0 amide bonds. The van der Waals surface area contributed by atoms with E-state index in [0.29, 0.717) is 11.8 Å². The molecule has 0 heterocycles. The minimum absolute atomic E-state index is 0.127. The first-order chi connectivity index (χ1) is 8.49. The van der Waals surface area contributed by atoms with Crippen LogP contribution in [0.15, 0.2) is 24.3 Å². The number of carboxylic acid groups (broad SMARTS) is 1. The average Bonchev–Trinajstić information content (AvgIpc) is 3.10. The third-order valence-corrected chi connectivity index (χ3v) is 3.09. The molecule has 1 aliphatic carbocycles. The summed E-state index contributed by atoms with van der Waals surface area (Å²) in [5, 5.41) is 12.4. The molecule has 18 heavy (non-hydrogen) atoms. The molecule has 1 fully saturated rings. The van der Waals surface area contributed by atoms with Crippen molar-refractivity contribution in [2.45, 2.75) is 38.3 Å². The van der Waals surface area contributed by atoms with Gasteiger partial charge in [-0.05, 0) is 44.4 Å². The third-order valence-electron chi connectivity index (χ3n) is 3.09.